The van der Waals surface area contributed by atoms with Crippen LogP contribution in [-0.4, -0.2) is 30.5 Å². The van der Waals surface area contributed by atoms with Crippen LogP contribution in [0, 0.1) is 0 Å². The van der Waals surface area contributed by atoms with Crippen LogP contribution >= 0.6 is 11.6 Å². The minimum atomic E-state index is -0.592. The summed E-state index contributed by atoms with van der Waals surface area (Å²) >= 11 is 5.89. The fourth-order valence-corrected chi connectivity index (χ4v) is 3.77. The summed E-state index contributed by atoms with van der Waals surface area (Å²) in [5.74, 6) is 0.518. The van der Waals surface area contributed by atoms with Crippen LogP contribution in [0.25, 0.3) is 10.9 Å². The van der Waals surface area contributed by atoms with Gasteiger partial charge >= 0.3 is 5.97 Å². The minimum Gasteiger partial charge on any atom is -0.454 e. The topological polar surface area (TPSA) is 138 Å². The molecule has 1 aliphatic rings. The molecule has 33 heavy (non-hydrogen) atoms. The molecule has 0 unspecified atom stereocenters. The summed E-state index contributed by atoms with van der Waals surface area (Å²) in [7, 11) is 0. The van der Waals surface area contributed by atoms with E-state index in [1.807, 2.05) is 0 Å². The highest BCUT2D eigenvalue weighted by Crippen LogP contribution is 2.19. The Labute approximate surface area is 192 Å². The number of anilines is 3. The smallest absolute Gasteiger partial charge is 0.338 e. The Bertz CT molecular complexity index is 1440. The molecule has 0 saturated carbocycles. The molecule has 0 amide bonds. The lowest BCUT2D eigenvalue weighted by molar-refractivity contribution is 0.0462. The zero-order valence-electron chi connectivity index (χ0n) is 17.3. The van der Waals surface area contributed by atoms with Crippen LogP contribution in [0.1, 0.15) is 28.4 Å². The second-order valence-corrected chi connectivity index (χ2v) is 7.90. The maximum absolute atomic E-state index is 12.6. The van der Waals surface area contributed by atoms with Crippen LogP contribution in [0.2, 0.25) is 5.02 Å². The Morgan fingerprint density at radius 2 is 1.94 bits per heavy atom. The highest BCUT2D eigenvalue weighted by atomic mass is 35.5. The van der Waals surface area contributed by atoms with Crippen molar-refractivity contribution in [3.05, 3.63) is 75.1 Å². The third kappa shape index (κ3) is 4.33. The molecule has 3 heterocycles. The molecule has 0 atom stereocenters. The average molecular weight is 464 g/mol. The number of halogens is 1. The first kappa shape index (κ1) is 20.8. The van der Waals surface area contributed by atoms with E-state index < -0.39 is 5.97 Å². The number of nitrogens with two attached hydrogens (primary N) is 1. The zero-order chi connectivity index (χ0) is 22.9. The number of fused-ring (bicyclic) bond motifs is 2. The molecular formula is C22H18ClN7O3. The van der Waals surface area contributed by atoms with E-state index in [-0.39, 0.29) is 35.5 Å². The fourth-order valence-electron chi connectivity index (χ4n) is 3.64. The number of aromatic nitrogens is 5. The first-order valence-corrected chi connectivity index (χ1v) is 10.6. The van der Waals surface area contributed by atoms with E-state index in [2.05, 4.69) is 25.3 Å². The molecule has 4 aromatic rings. The molecule has 2 aromatic carbocycles. The average Bonchev–Trinajstić information content (AvgIpc) is 3.27. The standard InChI is InChI=1S/C22H18ClN7O3/c23-13-4-6-14(7-5-13)25-22-28-17(27-21(24)29-22)11-33-20(32)12-3-8-15-16(10-12)26-18-2-1-9-30(18)19(15)31/h3-8,10H,1-2,9,11H2,(H3,24,25,27,28,29). The second kappa shape index (κ2) is 8.47. The number of nitrogen functional groups attached to an aromatic ring is 1. The van der Waals surface area contributed by atoms with E-state index in [9.17, 15) is 9.59 Å². The number of hydrogen-bond acceptors (Lipinski definition) is 9. The molecule has 166 valence electrons. The third-order valence-corrected chi connectivity index (χ3v) is 5.44. The molecule has 1 aliphatic heterocycles. The second-order valence-electron chi connectivity index (χ2n) is 7.46. The lowest BCUT2D eigenvalue weighted by Crippen LogP contribution is -2.21. The Hall–Kier alpha value is -4.05. The van der Waals surface area contributed by atoms with E-state index in [1.54, 1.807) is 47.0 Å². The first-order chi connectivity index (χ1) is 16.0. The van der Waals surface area contributed by atoms with E-state index in [4.69, 9.17) is 22.1 Å². The maximum Gasteiger partial charge on any atom is 0.338 e. The highest BCUT2D eigenvalue weighted by Gasteiger charge is 2.18. The number of hydrogen-bond donors (Lipinski definition) is 2. The zero-order valence-corrected chi connectivity index (χ0v) is 18.0. The van der Waals surface area contributed by atoms with E-state index in [1.165, 1.54) is 0 Å². The molecule has 0 saturated heterocycles. The van der Waals surface area contributed by atoms with Gasteiger partial charge in [-0.1, -0.05) is 11.6 Å². The van der Waals surface area contributed by atoms with Gasteiger partial charge in [0, 0.05) is 23.7 Å². The van der Waals surface area contributed by atoms with E-state index in [0.29, 0.717) is 28.2 Å². The van der Waals surface area contributed by atoms with Gasteiger partial charge in [-0.25, -0.2) is 9.78 Å². The summed E-state index contributed by atoms with van der Waals surface area (Å²) in [5.41, 5.74) is 7.14. The van der Waals surface area contributed by atoms with Crippen LogP contribution in [0.3, 0.4) is 0 Å². The molecule has 0 fully saturated rings. The van der Waals surface area contributed by atoms with Gasteiger partial charge in [-0.2, -0.15) is 15.0 Å². The summed E-state index contributed by atoms with van der Waals surface area (Å²) in [6.45, 7) is 0.462. The molecule has 11 heteroatoms. The van der Waals surface area contributed by atoms with Crippen LogP contribution < -0.4 is 16.6 Å². The predicted molar refractivity (Wildman–Crippen MR) is 122 cm³/mol. The number of rotatable bonds is 5. The quantitative estimate of drug-likeness (QED) is 0.427. The predicted octanol–water partition coefficient (Wildman–Crippen LogP) is 2.86. The highest BCUT2D eigenvalue weighted by molar-refractivity contribution is 6.30. The summed E-state index contributed by atoms with van der Waals surface area (Å²) < 4.78 is 7.04. The van der Waals surface area contributed by atoms with Crippen molar-refractivity contribution in [3.63, 3.8) is 0 Å². The van der Waals surface area contributed by atoms with Gasteiger partial charge in [-0.05, 0) is 48.9 Å². The molecule has 3 N–H and O–H groups in total. The monoisotopic (exact) mass is 463 g/mol. The van der Waals surface area contributed by atoms with Crippen LogP contribution in [-0.2, 0) is 24.3 Å². The van der Waals surface area contributed by atoms with Gasteiger partial charge in [0.25, 0.3) is 5.56 Å². The number of esters is 1. The normalized spacial score (nSPS) is 12.5. The van der Waals surface area contributed by atoms with Gasteiger partial charge in [-0.3, -0.25) is 9.36 Å². The number of ether oxygens (including phenoxy) is 1. The van der Waals surface area contributed by atoms with Gasteiger partial charge < -0.3 is 15.8 Å². The lowest BCUT2D eigenvalue weighted by atomic mass is 10.1. The molecule has 5 rings (SSSR count). The maximum atomic E-state index is 12.6. The summed E-state index contributed by atoms with van der Waals surface area (Å²) in [5, 5.41) is 4.07. The lowest BCUT2D eigenvalue weighted by Gasteiger charge is -2.09. The number of carbonyl (C=O) groups excluding carboxylic acids is 1. The van der Waals surface area contributed by atoms with Gasteiger partial charge in [0.05, 0.1) is 16.5 Å². The van der Waals surface area contributed by atoms with Crippen molar-refractivity contribution in [3.8, 4) is 0 Å². The van der Waals surface area contributed by atoms with Crippen molar-refractivity contribution in [2.24, 2.45) is 0 Å². The molecule has 0 aliphatic carbocycles. The first-order valence-electron chi connectivity index (χ1n) is 10.2. The van der Waals surface area contributed by atoms with Crippen molar-refractivity contribution >= 4 is 46.1 Å². The van der Waals surface area contributed by atoms with Gasteiger partial charge in [-0.15, -0.1) is 0 Å². The van der Waals surface area contributed by atoms with Crippen molar-refractivity contribution in [2.75, 3.05) is 11.1 Å². The molecule has 0 spiro atoms. The number of nitrogens with one attached hydrogen (secondary N) is 1. The summed E-state index contributed by atoms with van der Waals surface area (Å²) in [6.07, 6.45) is 1.63. The fraction of sp³-hybridized carbons (Fsp3) is 0.182. The SMILES string of the molecule is Nc1nc(COC(=O)c2ccc3c(=O)n4c(nc3c2)CCC4)nc(Nc2ccc(Cl)cc2)n1. The Kier molecular flexibility index (Phi) is 5.35. The van der Waals surface area contributed by atoms with Crippen LogP contribution in [0.5, 0.6) is 0 Å². The number of aryl methyl sites for hydroxylation is 1. The Morgan fingerprint density at radius 1 is 1.12 bits per heavy atom. The van der Waals surface area contributed by atoms with Gasteiger partial charge in [0.1, 0.15) is 5.82 Å². The third-order valence-electron chi connectivity index (χ3n) is 5.18. The van der Waals surface area contributed by atoms with Crippen molar-refractivity contribution in [2.45, 2.75) is 26.0 Å². The molecule has 2 aromatic heterocycles. The van der Waals surface area contributed by atoms with E-state index >= 15 is 0 Å². The molecule has 0 bridgehead atoms. The molecule has 0 radical (unpaired) electrons. The van der Waals surface area contributed by atoms with E-state index in [0.717, 1.165) is 18.7 Å². The molecular weight excluding hydrogens is 446 g/mol. The summed E-state index contributed by atoms with van der Waals surface area (Å²) in [6, 6.07) is 11.7. The largest absolute Gasteiger partial charge is 0.454 e. The summed E-state index contributed by atoms with van der Waals surface area (Å²) in [4.78, 5) is 42.0. The number of benzene rings is 2. The number of nitrogens with zero attached hydrogens (tertiary/aromatic N) is 5. The Morgan fingerprint density at radius 3 is 2.76 bits per heavy atom. The minimum absolute atomic E-state index is 0.0169. The van der Waals surface area contributed by atoms with Gasteiger partial charge in [0.15, 0.2) is 12.4 Å². The number of carbonyl (C=O) groups is 1. The Balaban J connectivity index is 1.32. The van der Waals surface area contributed by atoms with Crippen molar-refractivity contribution in [1.29, 1.82) is 0 Å². The van der Waals surface area contributed by atoms with Crippen molar-refractivity contribution < 1.29 is 9.53 Å². The van der Waals surface area contributed by atoms with Crippen molar-refractivity contribution in [1.82, 2.24) is 24.5 Å². The van der Waals surface area contributed by atoms with Crippen LogP contribution in [0.4, 0.5) is 17.6 Å². The van der Waals surface area contributed by atoms with Crippen LogP contribution in [0.15, 0.2) is 47.3 Å². The molecule has 10 nitrogen and oxygen atoms in total. The van der Waals surface area contributed by atoms with Gasteiger partial charge in [0.2, 0.25) is 11.9 Å².